The van der Waals surface area contributed by atoms with Crippen LogP contribution >= 0.6 is 0 Å². The number of hydrogen-bond acceptors (Lipinski definition) is 3. The molecule has 6 heteroatoms. The van der Waals surface area contributed by atoms with Crippen LogP contribution < -0.4 is 5.73 Å². The summed E-state index contributed by atoms with van der Waals surface area (Å²) in [5, 5.41) is 0. The first-order chi connectivity index (χ1) is 9.29. The number of nitrogens with zero attached hydrogens (tertiary/aromatic N) is 2. The number of hydrogen-bond donors (Lipinski definition) is 1. The van der Waals surface area contributed by atoms with E-state index in [2.05, 4.69) is 11.6 Å². The topological polar surface area (TPSA) is 41.6 Å². The standard InChI is InChI=1S/C14H16F3N3/c1-3-8-20-12(18)19-9-13(20,2)10-4-6-11(7-5-10)14(15,16)17/h3-7H,1,8-9H2,2H3,(H2,18,19). The van der Waals surface area contributed by atoms with Gasteiger partial charge in [-0.25, -0.2) is 0 Å². The van der Waals surface area contributed by atoms with Crippen molar-refractivity contribution in [2.45, 2.75) is 18.6 Å². The molecule has 1 aromatic carbocycles. The quantitative estimate of drug-likeness (QED) is 0.867. The third kappa shape index (κ3) is 2.37. The molecule has 108 valence electrons. The fourth-order valence-corrected chi connectivity index (χ4v) is 2.35. The van der Waals surface area contributed by atoms with Crippen LogP contribution in [0, 0.1) is 0 Å². The second-order valence-electron chi connectivity index (χ2n) is 4.92. The van der Waals surface area contributed by atoms with Crippen LogP contribution in [0.4, 0.5) is 13.2 Å². The van der Waals surface area contributed by atoms with Crippen LogP contribution in [0.5, 0.6) is 0 Å². The van der Waals surface area contributed by atoms with Crippen molar-refractivity contribution in [2.24, 2.45) is 10.7 Å². The Balaban J connectivity index is 2.33. The highest BCUT2D eigenvalue weighted by molar-refractivity contribution is 5.81. The van der Waals surface area contributed by atoms with Crippen LogP contribution in [0.25, 0.3) is 0 Å². The number of alkyl halides is 3. The smallest absolute Gasteiger partial charge is 0.370 e. The van der Waals surface area contributed by atoms with E-state index in [0.717, 1.165) is 17.7 Å². The molecule has 0 bridgehead atoms. The number of nitrogens with two attached hydrogens (primary N) is 1. The van der Waals surface area contributed by atoms with E-state index in [1.54, 1.807) is 6.08 Å². The summed E-state index contributed by atoms with van der Waals surface area (Å²) in [4.78, 5) is 6.02. The monoisotopic (exact) mass is 283 g/mol. The van der Waals surface area contributed by atoms with Gasteiger partial charge in [-0.3, -0.25) is 4.99 Å². The Labute approximate surface area is 115 Å². The first-order valence-electron chi connectivity index (χ1n) is 6.15. The minimum absolute atomic E-state index is 0.382. The van der Waals surface area contributed by atoms with Crippen molar-refractivity contribution < 1.29 is 13.2 Å². The lowest BCUT2D eigenvalue weighted by atomic mass is 9.90. The van der Waals surface area contributed by atoms with Gasteiger partial charge in [-0.1, -0.05) is 18.2 Å². The number of guanidine groups is 1. The average Bonchev–Trinajstić information content (AvgIpc) is 2.68. The molecule has 0 spiro atoms. The first kappa shape index (κ1) is 14.4. The van der Waals surface area contributed by atoms with Crippen molar-refractivity contribution >= 4 is 5.96 Å². The van der Waals surface area contributed by atoms with E-state index in [1.165, 1.54) is 12.1 Å². The van der Waals surface area contributed by atoms with E-state index in [0.29, 0.717) is 19.0 Å². The third-order valence-corrected chi connectivity index (χ3v) is 3.57. The molecule has 2 rings (SSSR count). The maximum atomic E-state index is 12.6. The fraction of sp³-hybridized carbons (Fsp3) is 0.357. The second-order valence-corrected chi connectivity index (χ2v) is 4.92. The molecule has 1 aromatic rings. The summed E-state index contributed by atoms with van der Waals surface area (Å²) in [6.45, 7) is 6.48. The van der Waals surface area contributed by atoms with E-state index >= 15 is 0 Å². The van der Waals surface area contributed by atoms with E-state index < -0.39 is 17.3 Å². The number of rotatable bonds is 3. The van der Waals surface area contributed by atoms with Gasteiger partial charge in [0.1, 0.15) is 0 Å². The van der Waals surface area contributed by atoms with E-state index in [-0.39, 0.29) is 0 Å². The summed E-state index contributed by atoms with van der Waals surface area (Å²) in [6.07, 6.45) is -2.64. The van der Waals surface area contributed by atoms with Gasteiger partial charge >= 0.3 is 6.18 Å². The molecule has 20 heavy (non-hydrogen) atoms. The van der Waals surface area contributed by atoms with Gasteiger partial charge in [-0.15, -0.1) is 6.58 Å². The van der Waals surface area contributed by atoms with Gasteiger partial charge in [0.25, 0.3) is 0 Å². The SMILES string of the molecule is C=CCN1C(N)=NCC1(C)c1ccc(C(F)(F)F)cc1. The Hall–Kier alpha value is -1.98. The highest BCUT2D eigenvalue weighted by atomic mass is 19.4. The molecule has 1 aliphatic rings. The average molecular weight is 283 g/mol. The molecule has 2 N–H and O–H groups in total. The van der Waals surface area contributed by atoms with Crippen LogP contribution in [0.15, 0.2) is 41.9 Å². The van der Waals surface area contributed by atoms with Gasteiger partial charge in [-0.05, 0) is 24.6 Å². The zero-order chi connectivity index (χ0) is 15.0. The van der Waals surface area contributed by atoms with Crippen LogP contribution in [0.3, 0.4) is 0 Å². The molecule has 1 aliphatic heterocycles. The Morgan fingerprint density at radius 3 is 2.50 bits per heavy atom. The molecule has 1 atom stereocenters. The maximum absolute atomic E-state index is 12.6. The summed E-state index contributed by atoms with van der Waals surface area (Å²) < 4.78 is 37.8. The zero-order valence-corrected chi connectivity index (χ0v) is 11.1. The molecule has 0 amide bonds. The molecule has 3 nitrogen and oxygen atoms in total. The lowest BCUT2D eigenvalue weighted by molar-refractivity contribution is -0.137. The second kappa shape index (κ2) is 4.85. The van der Waals surface area contributed by atoms with Crippen molar-refractivity contribution in [3.8, 4) is 0 Å². The normalized spacial score (nSPS) is 22.8. The lowest BCUT2D eigenvalue weighted by Gasteiger charge is -2.36. The summed E-state index contributed by atoms with van der Waals surface area (Å²) in [5.41, 5.74) is 5.37. The predicted molar refractivity (Wildman–Crippen MR) is 72.2 cm³/mol. The minimum atomic E-state index is -4.33. The van der Waals surface area contributed by atoms with Crippen molar-refractivity contribution in [1.29, 1.82) is 0 Å². The van der Waals surface area contributed by atoms with E-state index in [9.17, 15) is 13.2 Å². The molecule has 1 heterocycles. The molecule has 0 aromatic heterocycles. The van der Waals surface area contributed by atoms with Gasteiger partial charge in [0.05, 0.1) is 17.6 Å². The number of halogens is 3. The van der Waals surface area contributed by atoms with Crippen molar-refractivity contribution in [1.82, 2.24) is 4.90 Å². The van der Waals surface area contributed by atoms with Gasteiger partial charge < -0.3 is 10.6 Å². The third-order valence-electron chi connectivity index (χ3n) is 3.57. The van der Waals surface area contributed by atoms with Crippen LogP contribution in [0.1, 0.15) is 18.1 Å². The lowest BCUT2D eigenvalue weighted by Crippen LogP contribution is -2.47. The Morgan fingerprint density at radius 1 is 1.40 bits per heavy atom. The van der Waals surface area contributed by atoms with E-state index in [1.807, 2.05) is 11.8 Å². The van der Waals surface area contributed by atoms with Crippen molar-refractivity contribution in [2.75, 3.05) is 13.1 Å². The molecule has 0 radical (unpaired) electrons. The van der Waals surface area contributed by atoms with Crippen LogP contribution in [0.2, 0.25) is 0 Å². The predicted octanol–water partition coefficient (Wildman–Crippen LogP) is 2.74. The van der Waals surface area contributed by atoms with Crippen molar-refractivity contribution in [3.63, 3.8) is 0 Å². The van der Waals surface area contributed by atoms with Gasteiger partial charge in [0.15, 0.2) is 5.96 Å². The highest BCUT2D eigenvalue weighted by Gasteiger charge is 2.39. The highest BCUT2D eigenvalue weighted by Crippen LogP contribution is 2.35. The molecule has 0 saturated carbocycles. The van der Waals surface area contributed by atoms with Crippen molar-refractivity contribution in [3.05, 3.63) is 48.0 Å². The Kier molecular flexibility index (Phi) is 3.50. The molecule has 1 unspecified atom stereocenters. The summed E-state index contributed by atoms with van der Waals surface area (Å²) in [6, 6.07) is 5.13. The molecule has 0 fully saturated rings. The molecule has 0 saturated heterocycles. The van der Waals surface area contributed by atoms with Crippen LogP contribution in [-0.4, -0.2) is 23.9 Å². The fourth-order valence-electron chi connectivity index (χ4n) is 2.35. The number of benzene rings is 1. The number of aliphatic imine (C=N–C) groups is 1. The van der Waals surface area contributed by atoms with Gasteiger partial charge in [0.2, 0.25) is 0 Å². The van der Waals surface area contributed by atoms with Crippen LogP contribution in [-0.2, 0) is 11.7 Å². The Bertz CT molecular complexity index is 534. The molecular formula is C14H16F3N3. The molecule has 0 aliphatic carbocycles. The summed E-state index contributed by atoms with van der Waals surface area (Å²) in [5.74, 6) is 0.382. The van der Waals surface area contributed by atoms with Gasteiger partial charge in [0, 0.05) is 6.54 Å². The molecular weight excluding hydrogens is 267 g/mol. The van der Waals surface area contributed by atoms with Gasteiger partial charge in [-0.2, -0.15) is 13.2 Å². The largest absolute Gasteiger partial charge is 0.416 e. The minimum Gasteiger partial charge on any atom is -0.370 e. The first-order valence-corrected chi connectivity index (χ1v) is 6.15. The maximum Gasteiger partial charge on any atom is 0.416 e. The summed E-state index contributed by atoms with van der Waals surface area (Å²) in [7, 11) is 0. The zero-order valence-electron chi connectivity index (χ0n) is 11.1. The Morgan fingerprint density at radius 2 is 2.00 bits per heavy atom. The van der Waals surface area contributed by atoms with E-state index in [4.69, 9.17) is 5.73 Å². The summed E-state index contributed by atoms with van der Waals surface area (Å²) >= 11 is 0.